The summed E-state index contributed by atoms with van der Waals surface area (Å²) in [5.74, 6) is -1.97. The van der Waals surface area contributed by atoms with Crippen molar-refractivity contribution in [1.29, 1.82) is 0 Å². The minimum Gasteiger partial charge on any atom is -0.348 e. The summed E-state index contributed by atoms with van der Waals surface area (Å²) in [6.45, 7) is 1.12. The summed E-state index contributed by atoms with van der Waals surface area (Å²) in [5, 5.41) is 9.88. The molecule has 1 aliphatic heterocycles. The van der Waals surface area contributed by atoms with Crippen molar-refractivity contribution in [2.75, 3.05) is 32.5 Å². The van der Waals surface area contributed by atoms with Gasteiger partial charge in [-0.2, -0.15) is 5.10 Å². The summed E-state index contributed by atoms with van der Waals surface area (Å²) in [4.78, 5) is 26.5. The number of carbonyl (C=O) groups excluding carboxylic acids is 2. The monoisotopic (exact) mass is 439 g/mol. The van der Waals surface area contributed by atoms with Gasteiger partial charge in [0, 0.05) is 17.1 Å². The third kappa shape index (κ3) is 5.14. The summed E-state index contributed by atoms with van der Waals surface area (Å²) in [6.07, 6.45) is 0.695. The summed E-state index contributed by atoms with van der Waals surface area (Å²) in [7, 11) is 0.502. The third-order valence-electron chi connectivity index (χ3n) is 4.35. The largest absolute Gasteiger partial charge is 0.348 e. The van der Waals surface area contributed by atoms with Crippen molar-refractivity contribution >= 4 is 39.1 Å². The van der Waals surface area contributed by atoms with Crippen molar-refractivity contribution in [2.24, 2.45) is 0 Å². The molecule has 9 nitrogen and oxygen atoms in total. The quantitative estimate of drug-likeness (QED) is 0.512. The molecule has 0 unspecified atom stereocenters. The molecular weight excluding hydrogens is 418 g/mol. The maximum absolute atomic E-state index is 12.4. The van der Waals surface area contributed by atoms with Gasteiger partial charge in [0.15, 0.2) is 9.84 Å². The van der Waals surface area contributed by atoms with Crippen LogP contribution in [0, 0.1) is 0 Å². The Morgan fingerprint density at radius 2 is 2.00 bits per heavy atom. The highest BCUT2D eigenvalue weighted by molar-refractivity contribution is 7.90. The molecule has 0 aliphatic carbocycles. The van der Waals surface area contributed by atoms with Gasteiger partial charge in [0.2, 0.25) is 0 Å². The molecule has 1 aliphatic rings. The van der Waals surface area contributed by atoms with E-state index in [0.29, 0.717) is 34.9 Å². The molecule has 2 aromatic rings. The van der Waals surface area contributed by atoms with Crippen LogP contribution in [0.5, 0.6) is 0 Å². The molecule has 29 heavy (non-hydrogen) atoms. The molecule has 2 N–H and O–H groups in total. The second kappa shape index (κ2) is 8.52. The highest BCUT2D eigenvalue weighted by atomic mass is 35.5. The molecule has 0 bridgehead atoms. The van der Waals surface area contributed by atoms with Crippen LogP contribution in [0.1, 0.15) is 17.7 Å². The fourth-order valence-corrected chi connectivity index (χ4v) is 4.69. The molecule has 2 amide bonds. The molecule has 0 atom stereocenters. The lowest BCUT2D eigenvalue weighted by atomic mass is 10.2. The Labute approximate surface area is 173 Å². The van der Waals surface area contributed by atoms with Gasteiger partial charge in [-0.3, -0.25) is 9.59 Å². The van der Waals surface area contributed by atoms with Gasteiger partial charge in [0.25, 0.3) is 0 Å². The lowest BCUT2D eigenvalue weighted by Crippen LogP contribution is -2.37. The Hall–Kier alpha value is -2.43. The average molecular weight is 440 g/mol. The minimum atomic E-state index is -3.33. The SMILES string of the molecule is CN(C)CCCNC(=O)C(=O)Nc1c2c(nn1-c1cccc(Cl)c1)CS(=O)(=O)C2. The van der Waals surface area contributed by atoms with Crippen molar-refractivity contribution < 1.29 is 18.0 Å². The molecule has 3 rings (SSSR count). The maximum Gasteiger partial charge on any atom is 0.314 e. The molecule has 0 fully saturated rings. The number of carbonyl (C=O) groups is 2. The van der Waals surface area contributed by atoms with Crippen LogP contribution in [0.2, 0.25) is 5.02 Å². The number of benzene rings is 1. The van der Waals surface area contributed by atoms with Crippen LogP contribution in [0.15, 0.2) is 24.3 Å². The number of sulfone groups is 1. The highest BCUT2D eigenvalue weighted by Gasteiger charge is 2.33. The van der Waals surface area contributed by atoms with Gasteiger partial charge >= 0.3 is 11.8 Å². The Morgan fingerprint density at radius 3 is 2.69 bits per heavy atom. The van der Waals surface area contributed by atoms with Crippen LogP contribution < -0.4 is 10.6 Å². The molecule has 1 aromatic heterocycles. The van der Waals surface area contributed by atoms with Gasteiger partial charge in [-0.25, -0.2) is 13.1 Å². The predicted molar refractivity (Wildman–Crippen MR) is 110 cm³/mol. The Morgan fingerprint density at radius 1 is 1.24 bits per heavy atom. The molecule has 0 spiro atoms. The lowest BCUT2D eigenvalue weighted by molar-refractivity contribution is -0.136. The summed E-state index contributed by atoms with van der Waals surface area (Å²) in [6, 6.07) is 6.76. The van der Waals surface area contributed by atoms with E-state index in [1.165, 1.54) is 4.68 Å². The molecule has 0 radical (unpaired) electrons. The van der Waals surface area contributed by atoms with Crippen molar-refractivity contribution in [2.45, 2.75) is 17.9 Å². The van der Waals surface area contributed by atoms with Gasteiger partial charge in [-0.1, -0.05) is 17.7 Å². The summed E-state index contributed by atoms with van der Waals surface area (Å²) < 4.78 is 25.4. The first-order chi connectivity index (χ1) is 13.7. The van der Waals surface area contributed by atoms with E-state index in [0.717, 1.165) is 6.54 Å². The number of nitrogens with one attached hydrogen (secondary N) is 2. The van der Waals surface area contributed by atoms with Gasteiger partial charge in [-0.05, 0) is 45.3 Å². The highest BCUT2D eigenvalue weighted by Crippen LogP contribution is 2.33. The standard InChI is InChI=1S/C18H22ClN5O4S/c1-23(2)8-4-7-20-17(25)18(26)21-16-14-10-29(27,28)11-15(14)22-24(16)13-6-3-5-12(19)9-13/h3,5-6,9H,4,7-8,10-11H2,1-2H3,(H,20,25)(H,21,26). The zero-order valence-corrected chi connectivity index (χ0v) is 17.7. The number of halogens is 1. The van der Waals surface area contributed by atoms with Crippen LogP contribution in [-0.4, -0.2) is 62.1 Å². The second-order valence-electron chi connectivity index (χ2n) is 7.06. The number of anilines is 1. The van der Waals surface area contributed by atoms with E-state index in [1.54, 1.807) is 24.3 Å². The molecular formula is C18H22ClN5O4S. The van der Waals surface area contributed by atoms with Crippen molar-refractivity contribution in [3.63, 3.8) is 0 Å². The number of hydrogen-bond acceptors (Lipinski definition) is 6. The van der Waals surface area contributed by atoms with E-state index in [2.05, 4.69) is 15.7 Å². The second-order valence-corrected chi connectivity index (χ2v) is 9.57. The molecule has 1 aromatic carbocycles. The molecule has 11 heteroatoms. The minimum absolute atomic E-state index is 0.164. The zero-order chi connectivity index (χ0) is 21.2. The average Bonchev–Trinajstić information content (AvgIpc) is 3.11. The van der Waals surface area contributed by atoms with Crippen LogP contribution >= 0.6 is 11.6 Å². The van der Waals surface area contributed by atoms with E-state index in [-0.39, 0.29) is 17.3 Å². The van der Waals surface area contributed by atoms with Crippen LogP contribution in [0.25, 0.3) is 5.69 Å². The number of hydrogen-bond donors (Lipinski definition) is 2. The topological polar surface area (TPSA) is 113 Å². The Balaban J connectivity index is 1.82. The molecule has 156 valence electrons. The summed E-state index contributed by atoms with van der Waals surface area (Å²) >= 11 is 6.04. The van der Waals surface area contributed by atoms with Crippen molar-refractivity contribution in [3.8, 4) is 5.69 Å². The van der Waals surface area contributed by atoms with Gasteiger partial charge in [0.1, 0.15) is 5.82 Å². The van der Waals surface area contributed by atoms with Crippen LogP contribution in [0.4, 0.5) is 5.82 Å². The number of nitrogens with zero attached hydrogens (tertiary/aromatic N) is 3. The fraction of sp³-hybridized carbons (Fsp3) is 0.389. The Bertz CT molecular complexity index is 1050. The van der Waals surface area contributed by atoms with E-state index < -0.39 is 21.7 Å². The first kappa shape index (κ1) is 21.3. The van der Waals surface area contributed by atoms with Gasteiger partial charge in [-0.15, -0.1) is 0 Å². The molecule has 0 saturated heterocycles. The van der Waals surface area contributed by atoms with Crippen LogP contribution in [-0.2, 0) is 30.9 Å². The third-order valence-corrected chi connectivity index (χ3v) is 6.02. The molecule has 2 heterocycles. The zero-order valence-electron chi connectivity index (χ0n) is 16.1. The smallest absolute Gasteiger partial charge is 0.314 e. The Kier molecular flexibility index (Phi) is 6.25. The number of amides is 2. The van der Waals surface area contributed by atoms with Gasteiger partial charge < -0.3 is 15.5 Å². The normalized spacial score (nSPS) is 14.6. The van der Waals surface area contributed by atoms with E-state index in [1.807, 2.05) is 19.0 Å². The number of rotatable bonds is 6. The van der Waals surface area contributed by atoms with E-state index in [4.69, 9.17) is 11.6 Å². The first-order valence-corrected chi connectivity index (χ1v) is 11.2. The van der Waals surface area contributed by atoms with Crippen LogP contribution in [0.3, 0.4) is 0 Å². The fourth-order valence-electron chi connectivity index (χ4n) is 3.01. The van der Waals surface area contributed by atoms with Gasteiger partial charge in [0.05, 0.1) is 22.9 Å². The predicted octanol–water partition coefficient (Wildman–Crippen LogP) is 0.961. The summed E-state index contributed by atoms with van der Waals surface area (Å²) in [5.41, 5.74) is 1.29. The van der Waals surface area contributed by atoms with Crippen molar-refractivity contribution in [3.05, 3.63) is 40.5 Å². The number of aromatic nitrogens is 2. The maximum atomic E-state index is 12.4. The van der Waals surface area contributed by atoms with E-state index in [9.17, 15) is 18.0 Å². The first-order valence-electron chi connectivity index (χ1n) is 8.97. The number of fused-ring (bicyclic) bond motifs is 1. The molecule has 0 saturated carbocycles. The van der Waals surface area contributed by atoms with Crippen molar-refractivity contribution in [1.82, 2.24) is 20.0 Å². The van der Waals surface area contributed by atoms with E-state index >= 15 is 0 Å². The lowest BCUT2D eigenvalue weighted by Gasteiger charge is -2.12.